The van der Waals surface area contributed by atoms with Crippen molar-refractivity contribution in [1.29, 1.82) is 0 Å². The van der Waals surface area contributed by atoms with Gasteiger partial charge in [0.05, 0.1) is 11.7 Å². The predicted octanol–water partition coefficient (Wildman–Crippen LogP) is 2.99. The molecule has 6 nitrogen and oxygen atoms in total. The molecule has 0 fully saturated rings. The average molecular weight is 275 g/mol. The summed E-state index contributed by atoms with van der Waals surface area (Å²) in [5.74, 6) is 3.19. The van der Waals surface area contributed by atoms with E-state index in [2.05, 4.69) is 32.7 Å². The van der Waals surface area contributed by atoms with Crippen LogP contribution in [0.2, 0.25) is 0 Å². The highest BCUT2D eigenvalue weighted by Crippen LogP contribution is 2.24. The standard InChI is InChI=1S/C14H21N5O/c1-6-15-12-7-13(18-11(5)17-12)16-8(2)14-9(3)19-20-10(14)4/h7-8H,6H2,1-5H3,(H2,15,16,17,18). The molecule has 2 rings (SSSR count). The third-order valence-electron chi connectivity index (χ3n) is 3.08. The van der Waals surface area contributed by atoms with Crippen LogP contribution in [-0.4, -0.2) is 21.7 Å². The number of rotatable bonds is 5. The summed E-state index contributed by atoms with van der Waals surface area (Å²) in [6.45, 7) is 10.7. The van der Waals surface area contributed by atoms with Gasteiger partial charge in [0.1, 0.15) is 23.2 Å². The van der Waals surface area contributed by atoms with Gasteiger partial charge in [0.15, 0.2) is 0 Å². The minimum absolute atomic E-state index is 0.0741. The van der Waals surface area contributed by atoms with Gasteiger partial charge in [0, 0.05) is 18.2 Å². The largest absolute Gasteiger partial charge is 0.370 e. The van der Waals surface area contributed by atoms with E-state index in [1.165, 1.54) is 0 Å². The average Bonchev–Trinajstić information content (AvgIpc) is 2.68. The third kappa shape index (κ3) is 3.07. The highest BCUT2D eigenvalue weighted by Gasteiger charge is 2.17. The number of anilines is 2. The molecular formula is C14H21N5O. The first-order chi connectivity index (χ1) is 9.51. The molecule has 1 atom stereocenters. The lowest BCUT2D eigenvalue weighted by Crippen LogP contribution is -2.11. The first kappa shape index (κ1) is 14.3. The Morgan fingerprint density at radius 1 is 1.20 bits per heavy atom. The van der Waals surface area contributed by atoms with E-state index in [1.807, 2.05) is 33.8 Å². The first-order valence-electron chi connectivity index (χ1n) is 6.80. The van der Waals surface area contributed by atoms with E-state index in [4.69, 9.17) is 4.52 Å². The summed E-state index contributed by atoms with van der Waals surface area (Å²) in [6, 6.07) is 1.98. The molecule has 0 spiro atoms. The monoisotopic (exact) mass is 275 g/mol. The second-order valence-corrected chi connectivity index (χ2v) is 4.82. The van der Waals surface area contributed by atoms with Gasteiger partial charge in [-0.2, -0.15) is 0 Å². The molecule has 2 aromatic rings. The minimum atomic E-state index is 0.0741. The van der Waals surface area contributed by atoms with E-state index in [0.29, 0.717) is 0 Å². The molecule has 0 saturated carbocycles. The van der Waals surface area contributed by atoms with Gasteiger partial charge in [-0.3, -0.25) is 0 Å². The van der Waals surface area contributed by atoms with E-state index in [-0.39, 0.29) is 6.04 Å². The minimum Gasteiger partial charge on any atom is -0.370 e. The van der Waals surface area contributed by atoms with Gasteiger partial charge in [0.2, 0.25) is 0 Å². The summed E-state index contributed by atoms with van der Waals surface area (Å²) in [5, 5.41) is 10.6. The fourth-order valence-electron chi connectivity index (χ4n) is 2.32. The molecule has 0 amide bonds. The number of nitrogens with one attached hydrogen (secondary N) is 2. The van der Waals surface area contributed by atoms with Crippen LogP contribution in [-0.2, 0) is 0 Å². The molecule has 2 N–H and O–H groups in total. The molecule has 108 valence electrons. The summed E-state index contributed by atoms with van der Waals surface area (Å²) < 4.78 is 5.21. The molecule has 0 aliphatic heterocycles. The van der Waals surface area contributed by atoms with Crippen LogP contribution in [0.1, 0.15) is 42.7 Å². The fourth-order valence-corrected chi connectivity index (χ4v) is 2.32. The number of hydrogen-bond acceptors (Lipinski definition) is 6. The van der Waals surface area contributed by atoms with E-state index in [0.717, 1.165) is 41.0 Å². The van der Waals surface area contributed by atoms with Crippen LogP contribution in [0.3, 0.4) is 0 Å². The van der Waals surface area contributed by atoms with Gasteiger partial charge >= 0.3 is 0 Å². The van der Waals surface area contributed by atoms with Gasteiger partial charge < -0.3 is 15.2 Å². The summed E-state index contributed by atoms with van der Waals surface area (Å²) in [5.41, 5.74) is 1.98. The third-order valence-corrected chi connectivity index (χ3v) is 3.08. The molecule has 0 aliphatic carbocycles. The van der Waals surface area contributed by atoms with Crippen LogP contribution >= 0.6 is 0 Å². The van der Waals surface area contributed by atoms with Crippen molar-refractivity contribution in [2.45, 2.75) is 40.7 Å². The van der Waals surface area contributed by atoms with Crippen LogP contribution in [0.4, 0.5) is 11.6 Å². The Morgan fingerprint density at radius 2 is 1.90 bits per heavy atom. The molecule has 0 radical (unpaired) electrons. The van der Waals surface area contributed by atoms with Crippen LogP contribution in [0.5, 0.6) is 0 Å². The summed E-state index contributed by atoms with van der Waals surface area (Å²) in [7, 11) is 0. The summed E-state index contributed by atoms with van der Waals surface area (Å²) in [4.78, 5) is 8.75. The molecule has 0 aliphatic rings. The zero-order valence-electron chi connectivity index (χ0n) is 12.6. The normalized spacial score (nSPS) is 12.2. The van der Waals surface area contributed by atoms with E-state index >= 15 is 0 Å². The maximum absolute atomic E-state index is 5.21. The quantitative estimate of drug-likeness (QED) is 0.873. The Hall–Kier alpha value is -2.11. The highest BCUT2D eigenvalue weighted by atomic mass is 16.5. The molecule has 0 aromatic carbocycles. The van der Waals surface area contributed by atoms with E-state index in [9.17, 15) is 0 Å². The molecule has 2 heterocycles. The second-order valence-electron chi connectivity index (χ2n) is 4.82. The molecule has 0 bridgehead atoms. The number of hydrogen-bond donors (Lipinski definition) is 2. The smallest absolute Gasteiger partial charge is 0.139 e. The number of aryl methyl sites for hydroxylation is 3. The maximum atomic E-state index is 5.21. The van der Waals surface area contributed by atoms with Gasteiger partial charge in [-0.05, 0) is 34.6 Å². The molecule has 2 aromatic heterocycles. The van der Waals surface area contributed by atoms with Crippen molar-refractivity contribution in [3.8, 4) is 0 Å². The van der Waals surface area contributed by atoms with Crippen LogP contribution in [0.15, 0.2) is 10.6 Å². The molecule has 6 heteroatoms. The Morgan fingerprint density at radius 3 is 2.50 bits per heavy atom. The lowest BCUT2D eigenvalue weighted by Gasteiger charge is -2.15. The Bertz CT molecular complexity index is 574. The number of nitrogens with zero attached hydrogens (tertiary/aromatic N) is 3. The lowest BCUT2D eigenvalue weighted by molar-refractivity contribution is 0.392. The van der Waals surface area contributed by atoms with Crippen molar-refractivity contribution in [1.82, 2.24) is 15.1 Å². The van der Waals surface area contributed by atoms with Crippen molar-refractivity contribution in [2.24, 2.45) is 0 Å². The Balaban J connectivity index is 2.21. The molecular weight excluding hydrogens is 254 g/mol. The summed E-state index contributed by atoms with van der Waals surface area (Å²) >= 11 is 0. The van der Waals surface area contributed by atoms with Gasteiger partial charge in [-0.25, -0.2) is 9.97 Å². The van der Waals surface area contributed by atoms with Crippen molar-refractivity contribution >= 4 is 11.6 Å². The maximum Gasteiger partial charge on any atom is 0.139 e. The van der Waals surface area contributed by atoms with Crippen LogP contribution < -0.4 is 10.6 Å². The van der Waals surface area contributed by atoms with Crippen molar-refractivity contribution < 1.29 is 4.52 Å². The van der Waals surface area contributed by atoms with Crippen molar-refractivity contribution in [2.75, 3.05) is 17.2 Å². The Labute approximate surface area is 119 Å². The zero-order chi connectivity index (χ0) is 14.7. The van der Waals surface area contributed by atoms with Crippen molar-refractivity contribution in [3.05, 3.63) is 28.9 Å². The molecule has 1 unspecified atom stereocenters. The Kier molecular flexibility index (Phi) is 4.22. The predicted molar refractivity (Wildman–Crippen MR) is 78.9 cm³/mol. The lowest BCUT2D eigenvalue weighted by atomic mass is 10.1. The zero-order valence-corrected chi connectivity index (χ0v) is 12.6. The van der Waals surface area contributed by atoms with Gasteiger partial charge in [0.25, 0.3) is 0 Å². The summed E-state index contributed by atoms with van der Waals surface area (Å²) in [6.07, 6.45) is 0. The SMILES string of the molecule is CCNc1cc(NC(C)c2c(C)noc2C)nc(C)n1. The highest BCUT2D eigenvalue weighted by molar-refractivity contribution is 5.49. The first-order valence-corrected chi connectivity index (χ1v) is 6.80. The van der Waals surface area contributed by atoms with Crippen molar-refractivity contribution in [3.63, 3.8) is 0 Å². The molecule has 20 heavy (non-hydrogen) atoms. The fraction of sp³-hybridized carbons (Fsp3) is 0.500. The number of aromatic nitrogens is 3. The van der Waals surface area contributed by atoms with Gasteiger partial charge in [-0.1, -0.05) is 5.16 Å². The molecule has 0 saturated heterocycles. The van der Waals surface area contributed by atoms with Crippen LogP contribution in [0, 0.1) is 20.8 Å². The van der Waals surface area contributed by atoms with E-state index in [1.54, 1.807) is 0 Å². The van der Waals surface area contributed by atoms with E-state index < -0.39 is 0 Å². The van der Waals surface area contributed by atoms with Gasteiger partial charge in [-0.15, -0.1) is 0 Å². The van der Waals surface area contributed by atoms with Crippen LogP contribution in [0.25, 0.3) is 0 Å². The topological polar surface area (TPSA) is 75.9 Å². The second kappa shape index (κ2) is 5.90.